The van der Waals surface area contributed by atoms with Gasteiger partial charge < -0.3 is 65.1 Å². The second kappa shape index (κ2) is 15.8. The number of hydrogen-bond donors (Lipinski definition) is 9. The molecule has 5 aliphatic carbocycles. The van der Waals surface area contributed by atoms with E-state index >= 15 is 0 Å². The predicted octanol–water partition coefficient (Wildman–Crippen LogP) is 1.84. The van der Waals surface area contributed by atoms with Gasteiger partial charge in [-0.15, -0.1) is 0 Å². The van der Waals surface area contributed by atoms with Gasteiger partial charge in [-0.1, -0.05) is 54.0 Å². The average Bonchev–Trinajstić information content (AvgIpc) is 3.16. The molecule has 7 aliphatic rings. The normalized spacial score (nSPS) is 50.6. The maximum absolute atomic E-state index is 15.0. The Morgan fingerprint density at radius 1 is 0.738 bits per heavy atom. The summed E-state index contributed by atoms with van der Waals surface area (Å²) in [6.45, 7) is 16.0. The van der Waals surface area contributed by atoms with E-state index < -0.39 is 96.3 Å². The van der Waals surface area contributed by atoms with Crippen LogP contribution in [0.25, 0.3) is 0 Å². The number of carbonyl (C=O) groups excluding carboxylic acids is 1. The number of aliphatic hydroxyl groups is 5. The topological polar surface area (TPSA) is 279 Å². The number of fused-ring (bicyclic) bond motifs is 7. The van der Waals surface area contributed by atoms with E-state index in [2.05, 4.69) is 39.9 Å². The molecule has 19 atom stereocenters. The van der Waals surface area contributed by atoms with E-state index in [0.717, 1.165) is 44.9 Å². The molecule has 2 heterocycles. The van der Waals surface area contributed by atoms with Crippen LogP contribution in [0.3, 0.4) is 0 Å². The van der Waals surface area contributed by atoms with Crippen LogP contribution in [0.15, 0.2) is 11.6 Å². The van der Waals surface area contributed by atoms with Crippen LogP contribution in [0, 0.1) is 50.2 Å². The molecule has 17 heteroatoms. The van der Waals surface area contributed by atoms with Crippen LogP contribution >= 0.6 is 0 Å². The number of ketones is 1. The predicted molar refractivity (Wildman–Crippen MR) is 212 cm³/mol. The molecular weight excluding hydrogens is 798 g/mol. The largest absolute Gasteiger partial charge is 0.480 e. The first-order chi connectivity index (χ1) is 28.2. The van der Waals surface area contributed by atoms with Gasteiger partial charge in [0.25, 0.3) is 0 Å². The van der Waals surface area contributed by atoms with Crippen molar-refractivity contribution in [2.24, 2.45) is 50.2 Å². The molecule has 0 unspecified atom stereocenters. The van der Waals surface area contributed by atoms with Crippen LogP contribution in [0.5, 0.6) is 0 Å². The van der Waals surface area contributed by atoms with Gasteiger partial charge in [-0.2, -0.15) is 0 Å². The zero-order valence-electron chi connectivity index (χ0n) is 36.3. The van der Waals surface area contributed by atoms with Crippen molar-refractivity contribution in [3.05, 3.63) is 11.6 Å². The van der Waals surface area contributed by atoms with Crippen molar-refractivity contribution in [3.8, 4) is 0 Å². The van der Waals surface area contributed by atoms with Gasteiger partial charge in [-0.3, -0.25) is 9.59 Å². The van der Waals surface area contributed by atoms with Gasteiger partial charge in [0.05, 0.1) is 12.6 Å². The van der Waals surface area contributed by atoms with Gasteiger partial charge in [-0.25, -0.2) is 9.59 Å². The fraction of sp³-hybridized carbons (Fsp3) is 0.864. The third-order valence-corrected chi connectivity index (χ3v) is 17.6. The number of nitrogens with one attached hydrogen (secondary N) is 1. The summed E-state index contributed by atoms with van der Waals surface area (Å²) in [4.78, 5) is 50.3. The van der Waals surface area contributed by atoms with Crippen molar-refractivity contribution in [2.75, 3.05) is 13.1 Å². The minimum Gasteiger partial charge on any atom is -0.480 e. The highest BCUT2D eigenvalue weighted by Gasteiger charge is 2.70. The molecule has 2 saturated heterocycles. The van der Waals surface area contributed by atoms with Gasteiger partial charge in [0.1, 0.15) is 36.6 Å². The minimum atomic E-state index is -2.04. The van der Waals surface area contributed by atoms with E-state index in [0.29, 0.717) is 19.4 Å². The molecule has 0 amide bonds. The minimum absolute atomic E-state index is 0.0336. The summed E-state index contributed by atoms with van der Waals surface area (Å²) in [7, 11) is 0. The second-order valence-corrected chi connectivity index (χ2v) is 21.6. The number of ether oxygens (including phenoxy) is 4. The molecule has 61 heavy (non-hydrogen) atoms. The number of aliphatic carboxylic acids is 3. The maximum atomic E-state index is 15.0. The van der Waals surface area contributed by atoms with Crippen LogP contribution in [-0.4, -0.2) is 145 Å². The Bertz CT molecular complexity index is 1790. The van der Waals surface area contributed by atoms with Crippen LogP contribution in [0.1, 0.15) is 106 Å². The third-order valence-electron chi connectivity index (χ3n) is 17.6. The molecule has 0 aromatic carbocycles. The lowest BCUT2D eigenvalue weighted by Gasteiger charge is -2.70. The van der Waals surface area contributed by atoms with Crippen molar-refractivity contribution in [2.45, 2.75) is 174 Å². The number of rotatable bonds is 10. The Balaban J connectivity index is 1.15. The van der Waals surface area contributed by atoms with E-state index in [1.54, 1.807) is 0 Å². The Morgan fingerprint density at radius 2 is 1.34 bits per heavy atom. The quantitative estimate of drug-likeness (QED) is 0.142. The summed E-state index contributed by atoms with van der Waals surface area (Å²) >= 11 is 0. The van der Waals surface area contributed by atoms with Crippen molar-refractivity contribution in [1.29, 1.82) is 0 Å². The van der Waals surface area contributed by atoms with Gasteiger partial charge in [0.15, 0.2) is 30.6 Å². The van der Waals surface area contributed by atoms with Crippen molar-refractivity contribution >= 4 is 23.7 Å². The molecule has 0 aromatic heterocycles. The Labute approximate surface area is 356 Å². The van der Waals surface area contributed by atoms with Crippen molar-refractivity contribution in [3.63, 3.8) is 0 Å². The molecule has 0 spiro atoms. The second-order valence-electron chi connectivity index (χ2n) is 21.6. The lowest BCUT2D eigenvalue weighted by Crippen LogP contribution is -2.68. The Kier molecular flexibility index (Phi) is 12.1. The molecular formula is C44H67NO16. The Hall–Kier alpha value is -2.58. The van der Waals surface area contributed by atoms with Crippen molar-refractivity contribution in [1.82, 2.24) is 5.32 Å². The Morgan fingerprint density at radius 3 is 1.97 bits per heavy atom. The summed E-state index contributed by atoms with van der Waals surface area (Å²) in [5.74, 6) is -4.22. The third kappa shape index (κ3) is 7.40. The van der Waals surface area contributed by atoms with Crippen LogP contribution in [0.4, 0.5) is 0 Å². The summed E-state index contributed by atoms with van der Waals surface area (Å²) in [5.41, 5.74) is -0.630. The number of carbonyl (C=O) groups is 4. The van der Waals surface area contributed by atoms with Gasteiger partial charge in [0.2, 0.25) is 0 Å². The number of carboxylic acids is 3. The lowest BCUT2D eigenvalue weighted by atomic mass is 9.33. The molecule has 4 saturated carbocycles. The first-order valence-corrected chi connectivity index (χ1v) is 21.9. The number of aliphatic hydroxyl groups excluding tert-OH is 5. The summed E-state index contributed by atoms with van der Waals surface area (Å²) in [5, 5.41) is 85.4. The zero-order chi connectivity index (χ0) is 45.0. The van der Waals surface area contributed by atoms with E-state index in [1.807, 2.05) is 19.9 Å². The SMILES string of the molecule is CC1(C)[C@@H](O[C@@H]2O[C@H](C(=O)O)[C@@H](O)[C@H](O)[C@H]2O[C@@H]2O[C@H](C(=O)O)[C@@H](O)[C@H](O)[C@H]2O)CC[C@]2(C)[C@H]3C(=O)C=C4[C@@H]5C[C@@](C)(CNCC(=O)O)CC[C@]5(C)CC[C@@]4(C)[C@]3(C)CC[C@@H]12. The summed E-state index contributed by atoms with van der Waals surface area (Å²) < 4.78 is 23.5. The van der Waals surface area contributed by atoms with Crippen molar-refractivity contribution < 1.29 is 79.0 Å². The highest BCUT2D eigenvalue weighted by molar-refractivity contribution is 5.95. The standard InChI is InChI=1S/C44H67NO16/c1-39(2)23-8-11-44(7)34(22(46)16-20-21-17-40(3,19-45-18-25(47)48)12-13-41(21,4)14-15-43(20,44)6)42(23,5)10-9-24(39)58-38-33(29(52)28(51)32(60-38)36(56)57)61-37-30(53)26(49)27(50)31(59-37)35(54)55/h16,21,23-24,26-34,37-38,45,49-53H,8-15,17-19H2,1-7H3,(H,47,48)(H,54,55)(H,56,57)/t21-,23-,24-,26-,27-,28-,29-,30+,31-,32-,33+,34+,37-,38+,40-,41+,42-,43+,44+/m0/s1. The van der Waals surface area contributed by atoms with E-state index in [4.69, 9.17) is 18.9 Å². The number of allylic oxidation sites excluding steroid dienone is 2. The molecule has 7 rings (SSSR count). The van der Waals surface area contributed by atoms with Gasteiger partial charge in [0, 0.05) is 12.5 Å². The summed E-state index contributed by atoms with van der Waals surface area (Å²) in [6, 6.07) is 0. The van der Waals surface area contributed by atoms with Gasteiger partial charge >= 0.3 is 17.9 Å². The van der Waals surface area contributed by atoms with Crippen LogP contribution in [0.2, 0.25) is 0 Å². The molecule has 0 bridgehead atoms. The fourth-order valence-corrected chi connectivity index (χ4v) is 13.9. The molecule has 2 aliphatic heterocycles. The van der Waals surface area contributed by atoms with Crippen LogP contribution in [-0.2, 0) is 38.1 Å². The molecule has 9 N–H and O–H groups in total. The fourth-order valence-electron chi connectivity index (χ4n) is 13.9. The monoisotopic (exact) mass is 865 g/mol. The molecule has 0 aromatic rings. The first kappa shape index (κ1) is 46.4. The average molecular weight is 866 g/mol. The van der Waals surface area contributed by atoms with E-state index in [9.17, 15) is 60.0 Å². The van der Waals surface area contributed by atoms with E-state index in [-0.39, 0.29) is 51.7 Å². The van der Waals surface area contributed by atoms with Crippen LogP contribution < -0.4 is 5.32 Å². The molecule has 6 fully saturated rings. The summed E-state index contributed by atoms with van der Waals surface area (Å²) in [6.07, 6.45) is -10.9. The highest BCUT2D eigenvalue weighted by Crippen LogP contribution is 2.75. The maximum Gasteiger partial charge on any atom is 0.335 e. The zero-order valence-corrected chi connectivity index (χ0v) is 36.3. The molecule has 17 nitrogen and oxygen atoms in total. The lowest BCUT2D eigenvalue weighted by molar-refractivity contribution is -0.371. The number of carboxylic acid groups (broad SMARTS) is 3. The smallest absolute Gasteiger partial charge is 0.335 e. The first-order valence-electron chi connectivity index (χ1n) is 21.9. The highest BCUT2D eigenvalue weighted by atomic mass is 16.8. The molecule has 344 valence electrons. The van der Waals surface area contributed by atoms with E-state index in [1.165, 1.54) is 5.57 Å². The number of hydrogen-bond acceptors (Lipinski definition) is 14. The van der Waals surface area contributed by atoms with Gasteiger partial charge in [-0.05, 0) is 108 Å². The molecule has 0 radical (unpaired) electrons.